The maximum absolute atomic E-state index is 12.9. The van der Waals surface area contributed by atoms with Crippen LogP contribution in [0.25, 0.3) is 10.9 Å². The highest BCUT2D eigenvalue weighted by molar-refractivity contribution is 5.93. The summed E-state index contributed by atoms with van der Waals surface area (Å²) >= 11 is 0. The van der Waals surface area contributed by atoms with Gasteiger partial charge in [-0.2, -0.15) is 13.2 Å². The number of ether oxygens (including phenoxy) is 1. The van der Waals surface area contributed by atoms with E-state index in [0.717, 1.165) is 50.2 Å². The lowest BCUT2D eigenvalue weighted by Crippen LogP contribution is -2.40. The zero-order chi connectivity index (χ0) is 22.7. The first-order valence-electron chi connectivity index (χ1n) is 10.3. The van der Waals surface area contributed by atoms with E-state index in [0.29, 0.717) is 17.3 Å². The minimum Gasteiger partial charge on any atom is -0.383 e. The van der Waals surface area contributed by atoms with E-state index in [-0.39, 0.29) is 0 Å². The van der Waals surface area contributed by atoms with Gasteiger partial charge in [0.1, 0.15) is 6.54 Å². The second-order valence-corrected chi connectivity index (χ2v) is 6.98. The van der Waals surface area contributed by atoms with Crippen molar-refractivity contribution in [3.05, 3.63) is 30.0 Å². The van der Waals surface area contributed by atoms with E-state index < -0.39 is 12.7 Å². The molecule has 4 nitrogen and oxygen atoms in total. The van der Waals surface area contributed by atoms with Crippen molar-refractivity contribution in [1.82, 2.24) is 9.47 Å². The fraction of sp³-hybridized carbons (Fsp3) is 0.565. The molecule has 0 radical (unpaired) electrons. The van der Waals surface area contributed by atoms with Gasteiger partial charge in [-0.1, -0.05) is 19.9 Å². The molecule has 0 saturated carbocycles. The van der Waals surface area contributed by atoms with E-state index in [9.17, 15) is 13.2 Å². The Hall–Kier alpha value is -2.17. The number of benzene rings is 1. The first-order valence-corrected chi connectivity index (χ1v) is 10.3. The molecule has 7 heteroatoms. The third-order valence-electron chi connectivity index (χ3n) is 5.05. The van der Waals surface area contributed by atoms with Gasteiger partial charge in [0.15, 0.2) is 0 Å². The number of alkyl halides is 3. The number of nitrogens with one attached hydrogen (secondary N) is 1. The second kappa shape index (κ2) is 12.5. The number of fused-ring (bicyclic) bond motifs is 1. The molecule has 1 aliphatic heterocycles. The van der Waals surface area contributed by atoms with Gasteiger partial charge in [-0.25, -0.2) is 0 Å². The molecule has 1 fully saturated rings. The minimum atomic E-state index is -4.23. The molecule has 1 aromatic heterocycles. The summed E-state index contributed by atoms with van der Waals surface area (Å²) in [6, 6.07) is 7.72. The van der Waals surface area contributed by atoms with Gasteiger partial charge in [0, 0.05) is 49.6 Å². The summed E-state index contributed by atoms with van der Waals surface area (Å²) in [5.41, 5.74) is 2.17. The fourth-order valence-corrected chi connectivity index (χ4v) is 3.67. The number of aromatic nitrogens is 1. The predicted molar refractivity (Wildman–Crippen MR) is 119 cm³/mol. The van der Waals surface area contributed by atoms with Crippen molar-refractivity contribution in [2.24, 2.45) is 0 Å². The van der Waals surface area contributed by atoms with Gasteiger partial charge < -0.3 is 19.5 Å². The van der Waals surface area contributed by atoms with Gasteiger partial charge in [0.25, 0.3) is 0 Å². The van der Waals surface area contributed by atoms with Gasteiger partial charge in [-0.05, 0) is 38.0 Å². The van der Waals surface area contributed by atoms with Crippen LogP contribution >= 0.6 is 0 Å². The van der Waals surface area contributed by atoms with Crippen molar-refractivity contribution in [3.63, 3.8) is 0 Å². The lowest BCUT2D eigenvalue weighted by atomic mass is 10.0. The number of likely N-dealkylation sites (tertiary alicyclic amines) is 1. The smallest absolute Gasteiger partial charge is 0.383 e. The summed E-state index contributed by atoms with van der Waals surface area (Å²) in [6.45, 7) is 8.46. The number of methoxy groups -OCH3 is 1. The van der Waals surface area contributed by atoms with E-state index in [4.69, 9.17) is 4.74 Å². The van der Waals surface area contributed by atoms with Crippen LogP contribution in [-0.2, 0) is 11.3 Å². The third-order valence-corrected chi connectivity index (χ3v) is 5.05. The number of hydrogen-bond donors (Lipinski definition) is 1. The molecule has 0 bridgehead atoms. The van der Waals surface area contributed by atoms with Crippen LogP contribution in [0.4, 0.5) is 18.9 Å². The number of aryl methyl sites for hydroxylation is 1. The van der Waals surface area contributed by atoms with Crippen LogP contribution in [0.2, 0.25) is 0 Å². The largest absolute Gasteiger partial charge is 0.406 e. The van der Waals surface area contributed by atoms with Crippen molar-refractivity contribution in [1.29, 1.82) is 0 Å². The summed E-state index contributed by atoms with van der Waals surface area (Å²) < 4.78 is 45.1. The number of hydrogen-bond acceptors (Lipinski definition) is 3. The zero-order valence-corrected chi connectivity index (χ0v) is 18.4. The number of halogens is 3. The number of anilines is 1. The lowest BCUT2D eigenvalue weighted by Gasteiger charge is -2.32. The SMILES string of the molecule is C#C.CC.COCCN1CCC(Nc2cccc3c2cc(C)n3CC(F)(F)F)CC1. The highest BCUT2D eigenvalue weighted by Gasteiger charge is 2.29. The molecule has 0 aliphatic carbocycles. The monoisotopic (exact) mass is 425 g/mol. The lowest BCUT2D eigenvalue weighted by molar-refractivity contribution is -0.140. The molecule has 1 N–H and O–H groups in total. The molecular formula is C23H34F3N3O. The Labute approximate surface area is 178 Å². The first-order chi connectivity index (χ1) is 14.4. The molecule has 0 unspecified atom stereocenters. The van der Waals surface area contributed by atoms with Crippen LogP contribution in [0.15, 0.2) is 24.3 Å². The number of piperidine rings is 1. The van der Waals surface area contributed by atoms with Crippen LogP contribution in [0, 0.1) is 19.8 Å². The summed E-state index contributed by atoms with van der Waals surface area (Å²) in [5.74, 6) is 0. The van der Waals surface area contributed by atoms with Crippen molar-refractivity contribution in [2.45, 2.75) is 52.4 Å². The van der Waals surface area contributed by atoms with Crippen LogP contribution in [-0.4, -0.2) is 55.0 Å². The Morgan fingerprint density at radius 3 is 2.37 bits per heavy atom. The summed E-state index contributed by atoms with van der Waals surface area (Å²) in [6.07, 6.45) is 5.81. The fourth-order valence-electron chi connectivity index (χ4n) is 3.67. The topological polar surface area (TPSA) is 29.4 Å². The molecule has 1 saturated heterocycles. The van der Waals surface area contributed by atoms with Crippen LogP contribution < -0.4 is 5.32 Å². The highest BCUT2D eigenvalue weighted by atomic mass is 19.4. The summed E-state index contributed by atoms with van der Waals surface area (Å²) in [7, 11) is 1.71. The van der Waals surface area contributed by atoms with E-state index in [1.807, 2.05) is 32.0 Å². The molecule has 168 valence electrons. The van der Waals surface area contributed by atoms with Crippen LogP contribution in [0.5, 0.6) is 0 Å². The van der Waals surface area contributed by atoms with Crippen LogP contribution in [0.3, 0.4) is 0 Å². The number of rotatable bonds is 6. The normalized spacial score (nSPS) is 15.1. The Balaban J connectivity index is 0.00000106. The van der Waals surface area contributed by atoms with E-state index >= 15 is 0 Å². The number of terminal acetylenes is 1. The third kappa shape index (κ3) is 7.26. The van der Waals surface area contributed by atoms with E-state index in [2.05, 4.69) is 23.1 Å². The van der Waals surface area contributed by atoms with Gasteiger partial charge in [-0.3, -0.25) is 0 Å². The predicted octanol–water partition coefficient (Wildman–Crippen LogP) is 5.31. The molecule has 0 amide bonds. The maximum Gasteiger partial charge on any atom is 0.406 e. The molecule has 0 spiro atoms. The summed E-state index contributed by atoms with van der Waals surface area (Å²) in [4.78, 5) is 2.38. The molecule has 3 rings (SSSR count). The Kier molecular flexibility index (Phi) is 10.8. The first kappa shape index (κ1) is 25.9. The Morgan fingerprint density at radius 1 is 1.17 bits per heavy atom. The van der Waals surface area contributed by atoms with Crippen molar-refractivity contribution < 1.29 is 17.9 Å². The summed E-state index contributed by atoms with van der Waals surface area (Å²) in [5, 5.41) is 4.41. The second-order valence-electron chi connectivity index (χ2n) is 6.98. The van der Waals surface area contributed by atoms with E-state index in [1.54, 1.807) is 20.1 Å². The van der Waals surface area contributed by atoms with E-state index in [1.165, 1.54) is 4.57 Å². The van der Waals surface area contributed by atoms with Gasteiger partial charge >= 0.3 is 6.18 Å². The molecule has 30 heavy (non-hydrogen) atoms. The van der Waals surface area contributed by atoms with Crippen molar-refractivity contribution >= 4 is 16.6 Å². The number of nitrogens with zero attached hydrogens (tertiary/aromatic N) is 2. The molecule has 1 aromatic carbocycles. The van der Waals surface area contributed by atoms with Gasteiger partial charge in [0.05, 0.1) is 12.1 Å². The molecule has 1 aliphatic rings. The zero-order valence-electron chi connectivity index (χ0n) is 18.4. The highest BCUT2D eigenvalue weighted by Crippen LogP contribution is 2.31. The van der Waals surface area contributed by atoms with Crippen LogP contribution in [0.1, 0.15) is 32.4 Å². The minimum absolute atomic E-state index is 0.339. The molecular weight excluding hydrogens is 391 g/mol. The quantitative estimate of drug-likeness (QED) is 0.636. The molecule has 0 atom stereocenters. The molecule has 2 aromatic rings. The Morgan fingerprint density at radius 2 is 1.80 bits per heavy atom. The molecule has 2 heterocycles. The average Bonchev–Trinajstić information content (AvgIpc) is 3.05. The maximum atomic E-state index is 12.9. The van der Waals surface area contributed by atoms with Gasteiger partial charge in [0.2, 0.25) is 0 Å². The van der Waals surface area contributed by atoms with Crippen molar-refractivity contribution in [2.75, 3.05) is 38.7 Å². The standard InChI is InChI=1S/C19H26F3N3O.C2H6.C2H2/c1-14-12-16-17(4-3-5-18(16)25(14)13-19(20,21)22)23-15-6-8-24(9-7-15)10-11-26-2;2*1-2/h3-5,12,15,23H,6-11,13H2,1-2H3;1-2H3;1-2H. The van der Waals surface area contributed by atoms with Crippen molar-refractivity contribution in [3.8, 4) is 12.8 Å². The van der Waals surface area contributed by atoms with Gasteiger partial charge in [-0.15, -0.1) is 12.8 Å². The Bertz CT molecular complexity index is 775. The average molecular weight is 426 g/mol.